The van der Waals surface area contributed by atoms with Gasteiger partial charge in [-0.3, -0.25) is 9.78 Å². The van der Waals surface area contributed by atoms with Crippen molar-refractivity contribution in [1.29, 1.82) is 0 Å². The molecule has 1 amide bonds. The third kappa shape index (κ3) is 4.19. The van der Waals surface area contributed by atoms with Crippen molar-refractivity contribution in [1.82, 2.24) is 15.2 Å². The van der Waals surface area contributed by atoms with Crippen LogP contribution in [0.15, 0.2) is 21.2 Å². The van der Waals surface area contributed by atoms with Crippen molar-refractivity contribution in [3.63, 3.8) is 0 Å². The van der Waals surface area contributed by atoms with E-state index < -0.39 is 0 Å². The summed E-state index contributed by atoms with van der Waals surface area (Å²) in [6, 6.07) is 1.93. The van der Waals surface area contributed by atoms with Crippen LogP contribution in [0.1, 0.15) is 5.69 Å². The summed E-state index contributed by atoms with van der Waals surface area (Å²) in [5.41, 5.74) is 0.884. The molecule has 1 heterocycles. The zero-order valence-corrected chi connectivity index (χ0v) is 12.3. The van der Waals surface area contributed by atoms with E-state index in [0.29, 0.717) is 13.1 Å². The lowest BCUT2D eigenvalue weighted by Crippen LogP contribution is -2.32. The highest BCUT2D eigenvalue weighted by atomic mass is 79.9. The predicted octanol–water partition coefficient (Wildman–Crippen LogP) is 1.78. The number of carbonyl (C=O) groups excluding carboxylic acids is 1. The molecule has 0 aliphatic carbocycles. The third-order valence-electron chi connectivity index (χ3n) is 1.95. The molecule has 0 radical (unpaired) electrons. The van der Waals surface area contributed by atoms with Gasteiger partial charge in [0.2, 0.25) is 5.91 Å². The van der Waals surface area contributed by atoms with Crippen LogP contribution in [0.25, 0.3) is 0 Å². The number of rotatable bonds is 4. The average Bonchev–Trinajstić information content (AvgIpc) is 2.20. The Balaban J connectivity index is 2.46. The lowest BCUT2D eigenvalue weighted by Gasteiger charge is -2.11. The fourth-order valence-corrected chi connectivity index (χ4v) is 2.15. The van der Waals surface area contributed by atoms with Gasteiger partial charge in [-0.25, -0.2) is 0 Å². The number of nitrogens with one attached hydrogen (secondary N) is 1. The fraction of sp³-hybridized carbons (Fsp3) is 0.400. The molecule has 0 unspecified atom stereocenters. The summed E-state index contributed by atoms with van der Waals surface area (Å²) < 4.78 is 1.85. The molecule has 6 heteroatoms. The Morgan fingerprint density at radius 1 is 1.50 bits per heavy atom. The van der Waals surface area contributed by atoms with Gasteiger partial charge in [-0.2, -0.15) is 0 Å². The van der Waals surface area contributed by atoms with Crippen LogP contribution in [-0.2, 0) is 11.3 Å². The molecule has 0 aromatic carbocycles. The Kier molecular flexibility index (Phi) is 5.37. The Labute approximate surface area is 112 Å². The summed E-state index contributed by atoms with van der Waals surface area (Å²) in [6.45, 7) is 0.880. The topological polar surface area (TPSA) is 45.2 Å². The highest BCUT2D eigenvalue weighted by Crippen LogP contribution is 2.19. The van der Waals surface area contributed by atoms with Gasteiger partial charge >= 0.3 is 0 Å². The Bertz CT molecular complexity index is 382. The number of hydrogen-bond acceptors (Lipinski definition) is 3. The molecule has 0 spiro atoms. The van der Waals surface area contributed by atoms with Crippen LogP contribution in [0.2, 0.25) is 0 Å². The second-order valence-electron chi connectivity index (χ2n) is 3.47. The molecular formula is C10H13Br2N3O. The minimum atomic E-state index is 0.0493. The maximum atomic E-state index is 11.3. The van der Waals surface area contributed by atoms with Crippen LogP contribution < -0.4 is 5.32 Å². The number of hydrogen-bond donors (Lipinski definition) is 1. The van der Waals surface area contributed by atoms with Crippen molar-refractivity contribution in [2.75, 3.05) is 20.6 Å². The number of pyridine rings is 1. The minimum absolute atomic E-state index is 0.0493. The number of likely N-dealkylation sites (N-methyl/N-ethyl adjacent to an activating group) is 1. The first-order valence-corrected chi connectivity index (χ1v) is 6.30. The van der Waals surface area contributed by atoms with Gasteiger partial charge in [0, 0.05) is 35.8 Å². The van der Waals surface area contributed by atoms with E-state index in [2.05, 4.69) is 42.2 Å². The van der Waals surface area contributed by atoms with Gasteiger partial charge in [-0.15, -0.1) is 0 Å². The summed E-state index contributed by atoms with van der Waals surface area (Å²) >= 11 is 6.75. The third-order valence-corrected chi connectivity index (χ3v) is 3.07. The fourth-order valence-electron chi connectivity index (χ4n) is 1.02. The Hall–Kier alpha value is -0.460. The average molecular weight is 351 g/mol. The van der Waals surface area contributed by atoms with Crippen molar-refractivity contribution >= 4 is 37.8 Å². The van der Waals surface area contributed by atoms with Crippen molar-refractivity contribution in [3.8, 4) is 0 Å². The molecule has 1 rings (SSSR count). The predicted molar refractivity (Wildman–Crippen MR) is 70.0 cm³/mol. The molecule has 0 saturated heterocycles. The number of carbonyl (C=O) groups is 1. The van der Waals surface area contributed by atoms with Crippen molar-refractivity contribution in [2.45, 2.75) is 6.54 Å². The van der Waals surface area contributed by atoms with Crippen LogP contribution in [0, 0.1) is 0 Å². The molecule has 0 fully saturated rings. The first kappa shape index (κ1) is 13.6. The Morgan fingerprint density at radius 2 is 2.19 bits per heavy atom. The standard InChI is InChI=1S/C10H13Br2N3O/c1-15(2)10(16)6-13-5-9-8(12)3-7(11)4-14-9/h3-4,13H,5-6H2,1-2H3. The van der Waals surface area contributed by atoms with E-state index in [0.717, 1.165) is 14.6 Å². The van der Waals surface area contributed by atoms with Gasteiger partial charge in [-0.1, -0.05) is 0 Å². The van der Waals surface area contributed by atoms with E-state index in [1.807, 2.05) is 6.07 Å². The highest BCUT2D eigenvalue weighted by molar-refractivity contribution is 9.11. The summed E-state index contributed by atoms with van der Waals surface area (Å²) in [7, 11) is 3.47. The molecule has 0 bridgehead atoms. The monoisotopic (exact) mass is 349 g/mol. The molecular weight excluding hydrogens is 338 g/mol. The minimum Gasteiger partial charge on any atom is -0.348 e. The van der Waals surface area contributed by atoms with E-state index in [1.54, 1.807) is 25.2 Å². The van der Waals surface area contributed by atoms with Crippen LogP contribution in [0.5, 0.6) is 0 Å². The van der Waals surface area contributed by atoms with Crippen LogP contribution in [0.4, 0.5) is 0 Å². The van der Waals surface area contributed by atoms with Gasteiger partial charge in [0.15, 0.2) is 0 Å². The van der Waals surface area contributed by atoms with Crippen molar-refractivity contribution in [2.24, 2.45) is 0 Å². The zero-order valence-electron chi connectivity index (χ0n) is 9.13. The van der Waals surface area contributed by atoms with Crippen molar-refractivity contribution < 1.29 is 4.79 Å². The molecule has 1 N–H and O–H groups in total. The molecule has 4 nitrogen and oxygen atoms in total. The summed E-state index contributed by atoms with van der Waals surface area (Å²) in [5.74, 6) is 0.0493. The van der Waals surface area contributed by atoms with E-state index in [9.17, 15) is 4.79 Å². The lowest BCUT2D eigenvalue weighted by atomic mass is 10.3. The smallest absolute Gasteiger partial charge is 0.236 e. The van der Waals surface area contributed by atoms with Gasteiger partial charge in [0.05, 0.1) is 12.2 Å². The molecule has 0 saturated carbocycles. The number of halogens is 2. The molecule has 0 atom stereocenters. The van der Waals surface area contributed by atoms with E-state index in [-0.39, 0.29) is 5.91 Å². The number of amides is 1. The van der Waals surface area contributed by atoms with Gasteiger partial charge in [-0.05, 0) is 37.9 Å². The van der Waals surface area contributed by atoms with Crippen LogP contribution >= 0.6 is 31.9 Å². The summed E-state index contributed by atoms with van der Waals surface area (Å²) in [6.07, 6.45) is 1.73. The lowest BCUT2D eigenvalue weighted by molar-refractivity contribution is -0.127. The normalized spacial score (nSPS) is 10.2. The first-order chi connectivity index (χ1) is 7.50. The van der Waals surface area contributed by atoms with Crippen molar-refractivity contribution in [3.05, 3.63) is 26.9 Å². The summed E-state index contributed by atoms with van der Waals surface area (Å²) in [4.78, 5) is 17.1. The molecule has 1 aromatic rings. The second-order valence-corrected chi connectivity index (χ2v) is 5.24. The maximum absolute atomic E-state index is 11.3. The van der Waals surface area contributed by atoms with Gasteiger partial charge in [0.25, 0.3) is 0 Å². The molecule has 1 aromatic heterocycles. The SMILES string of the molecule is CN(C)C(=O)CNCc1ncc(Br)cc1Br. The molecule has 88 valence electrons. The zero-order chi connectivity index (χ0) is 12.1. The van der Waals surface area contributed by atoms with Gasteiger partial charge < -0.3 is 10.2 Å². The summed E-state index contributed by atoms with van der Waals surface area (Å²) in [5, 5.41) is 3.04. The molecule has 0 aliphatic rings. The van der Waals surface area contributed by atoms with Crippen LogP contribution in [-0.4, -0.2) is 36.4 Å². The number of aromatic nitrogens is 1. The maximum Gasteiger partial charge on any atom is 0.236 e. The van der Waals surface area contributed by atoms with E-state index >= 15 is 0 Å². The van der Waals surface area contributed by atoms with E-state index in [4.69, 9.17) is 0 Å². The van der Waals surface area contributed by atoms with Gasteiger partial charge in [0.1, 0.15) is 0 Å². The molecule has 0 aliphatic heterocycles. The quantitative estimate of drug-likeness (QED) is 0.900. The largest absolute Gasteiger partial charge is 0.348 e. The van der Waals surface area contributed by atoms with E-state index in [1.165, 1.54) is 0 Å². The highest BCUT2D eigenvalue weighted by Gasteiger charge is 2.05. The number of nitrogens with zero attached hydrogens (tertiary/aromatic N) is 2. The second kappa shape index (κ2) is 6.32. The molecule has 16 heavy (non-hydrogen) atoms. The first-order valence-electron chi connectivity index (χ1n) is 4.71. The Morgan fingerprint density at radius 3 is 2.75 bits per heavy atom. The van der Waals surface area contributed by atoms with Crippen LogP contribution in [0.3, 0.4) is 0 Å².